The number of hydrogen-bond donors (Lipinski definition) is 1. The predicted molar refractivity (Wildman–Crippen MR) is 68.8 cm³/mol. The van der Waals surface area contributed by atoms with E-state index in [1.165, 1.54) is 18.2 Å². The van der Waals surface area contributed by atoms with Gasteiger partial charge in [-0.05, 0) is 24.6 Å². The molecule has 0 aliphatic carbocycles. The Kier molecular flexibility index (Phi) is 5.21. The van der Waals surface area contributed by atoms with Crippen molar-refractivity contribution in [2.75, 3.05) is 23.4 Å². The van der Waals surface area contributed by atoms with E-state index in [4.69, 9.17) is 11.6 Å². The van der Waals surface area contributed by atoms with Crippen LogP contribution in [0.2, 0.25) is 5.02 Å². The number of sulfone groups is 1. The molecule has 0 radical (unpaired) electrons. The Morgan fingerprint density at radius 1 is 1.35 bits per heavy atom. The molecule has 17 heavy (non-hydrogen) atoms. The lowest BCUT2D eigenvalue weighted by molar-refractivity contribution is 0.594. The standard InChI is InChI=1S/C11H15ClFNO2S/c1-2-6-17(15,16)7-5-14-11-8-9(12)3-4-10(11)13/h3-4,8,14H,2,5-7H2,1H3. The molecule has 0 saturated carbocycles. The smallest absolute Gasteiger partial charge is 0.152 e. The quantitative estimate of drug-likeness (QED) is 0.871. The third kappa shape index (κ3) is 4.91. The van der Waals surface area contributed by atoms with E-state index in [1.807, 2.05) is 6.92 Å². The summed E-state index contributed by atoms with van der Waals surface area (Å²) in [6, 6.07) is 4.12. The lowest BCUT2D eigenvalue weighted by Crippen LogP contribution is -2.18. The van der Waals surface area contributed by atoms with Crippen LogP contribution in [0.3, 0.4) is 0 Å². The Bertz CT molecular complexity index is 476. The maximum absolute atomic E-state index is 13.3. The summed E-state index contributed by atoms with van der Waals surface area (Å²) in [5, 5.41) is 3.14. The van der Waals surface area contributed by atoms with E-state index in [2.05, 4.69) is 5.32 Å². The predicted octanol–water partition coefficient (Wildman–Crippen LogP) is 2.72. The third-order valence-electron chi connectivity index (χ3n) is 2.17. The van der Waals surface area contributed by atoms with Gasteiger partial charge in [0.1, 0.15) is 5.82 Å². The van der Waals surface area contributed by atoms with E-state index in [0.717, 1.165) is 0 Å². The van der Waals surface area contributed by atoms with Crippen LogP contribution in [0.1, 0.15) is 13.3 Å². The number of halogens is 2. The molecule has 0 saturated heterocycles. The Hall–Kier alpha value is -0.810. The normalized spacial score (nSPS) is 11.5. The molecular formula is C11H15ClFNO2S. The molecule has 0 spiro atoms. The number of anilines is 1. The Labute approximate surface area is 106 Å². The van der Waals surface area contributed by atoms with Gasteiger partial charge in [0.2, 0.25) is 0 Å². The zero-order valence-electron chi connectivity index (χ0n) is 9.54. The lowest BCUT2D eigenvalue weighted by Gasteiger charge is -2.08. The van der Waals surface area contributed by atoms with E-state index in [1.54, 1.807) is 0 Å². The molecule has 0 amide bonds. The summed E-state index contributed by atoms with van der Waals surface area (Å²) in [6.07, 6.45) is 0.591. The van der Waals surface area contributed by atoms with Gasteiger partial charge in [0, 0.05) is 17.3 Å². The van der Waals surface area contributed by atoms with Crippen molar-refractivity contribution in [3.63, 3.8) is 0 Å². The summed E-state index contributed by atoms with van der Waals surface area (Å²) in [6.45, 7) is 1.99. The first kappa shape index (κ1) is 14.3. The molecule has 6 heteroatoms. The summed E-state index contributed by atoms with van der Waals surface area (Å²) in [5.41, 5.74) is 0.226. The molecule has 0 aliphatic heterocycles. The van der Waals surface area contributed by atoms with Crippen LogP contribution < -0.4 is 5.32 Å². The molecule has 1 rings (SSSR count). The van der Waals surface area contributed by atoms with E-state index in [-0.39, 0.29) is 23.7 Å². The zero-order valence-corrected chi connectivity index (χ0v) is 11.1. The van der Waals surface area contributed by atoms with Crippen LogP contribution in [0.4, 0.5) is 10.1 Å². The fourth-order valence-electron chi connectivity index (χ4n) is 1.39. The average Bonchev–Trinajstić information content (AvgIpc) is 2.23. The first-order chi connectivity index (χ1) is 7.94. The van der Waals surface area contributed by atoms with Crippen molar-refractivity contribution in [1.29, 1.82) is 0 Å². The van der Waals surface area contributed by atoms with Gasteiger partial charge in [0.25, 0.3) is 0 Å². The molecular weight excluding hydrogens is 265 g/mol. The van der Waals surface area contributed by atoms with Crippen molar-refractivity contribution in [2.24, 2.45) is 0 Å². The highest BCUT2D eigenvalue weighted by Gasteiger charge is 2.09. The van der Waals surface area contributed by atoms with Crippen molar-refractivity contribution in [3.8, 4) is 0 Å². The van der Waals surface area contributed by atoms with Gasteiger partial charge < -0.3 is 5.32 Å². The van der Waals surface area contributed by atoms with Gasteiger partial charge in [-0.1, -0.05) is 18.5 Å². The van der Waals surface area contributed by atoms with Crippen LogP contribution in [0.25, 0.3) is 0 Å². The molecule has 0 atom stereocenters. The van der Waals surface area contributed by atoms with E-state index in [9.17, 15) is 12.8 Å². The minimum Gasteiger partial charge on any atom is -0.382 e. The second-order valence-electron chi connectivity index (χ2n) is 3.70. The zero-order chi connectivity index (χ0) is 12.9. The SMILES string of the molecule is CCCS(=O)(=O)CCNc1cc(Cl)ccc1F. The van der Waals surface area contributed by atoms with Crippen LogP contribution in [0.5, 0.6) is 0 Å². The first-order valence-corrected chi connectivity index (χ1v) is 7.54. The minimum absolute atomic E-state index is 0.00715. The van der Waals surface area contributed by atoms with Gasteiger partial charge in [0.15, 0.2) is 9.84 Å². The van der Waals surface area contributed by atoms with Gasteiger partial charge >= 0.3 is 0 Å². The highest BCUT2D eigenvalue weighted by molar-refractivity contribution is 7.91. The third-order valence-corrected chi connectivity index (χ3v) is 4.26. The molecule has 1 N–H and O–H groups in total. The average molecular weight is 280 g/mol. The summed E-state index contributed by atoms with van der Waals surface area (Å²) in [5.74, 6) is -0.290. The first-order valence-electron chi connectivity index (χ1n) is 5.34. The van der Waals surface area contributed by atoms with Gasteiger partial charge in [-0.25, -0.2) is 12.8 Å². The molecule has 0 bridgehead atoms. The topological polar surface area (TPSA) is 46.2 Å². The van der Waals surface area contributed by atoms with Gasteiger partial charge in [-0.3, -0.25) is 0 Å². The molecule has 0 unspecified atom stereocenters. The number of nitrogens with one attached hydrogen (secondary N) is 1. The van der Waals surface area contributed by atoms with Crippen LogP contribution >= 0.6 is 11.6 Å². The van der Waals surface area contributed by atoms with Crippen LogP contribution in [0, 0.1) is 5.82 Å². The second kappa shape index (κ2) is 6.21. The van der Waals surface area contributed by atoms with Crippen molar-refractivity contribution in [3.05, 3.63) is 29.0 Å². The molecule has 96 valence electrons. The highest BCUT2D eigenvalue weighted by atomic mass is 35.5. The van der Waals surface area contributed by atoms with Crippen molar-refractivity contribution < 1.29 is 12.8 Å². The van der Waals surface area contributed by atoms with E-state index >= 15 is 0 Å². The van der Waals surface area contributed by atoms with Gasteiger partial charge in [0.05, 0.1) is 11.4 Å². The molecule has 0 aromatic heterocycles. The molecule has 0 fully saturated rings. The molecule has 0 heterocycles. The maximum Gasteiger partial charge on any atom is 0.152 e. The van der Waals surface area contributed by atoms with Crippen LogP contribution in [-0.2, 0) is 9.84 Å². The fourth-order valence-corrected chi connectivity index (χ4v) is 2.80. The fraction of sp³-hybridized carbons (Fsp3) is 0.455. The summed E-state index contributed by atoms with van der Waals surface area (Å²) < 4.78 is 36.1. The number of rotatable bonds is 6. The molecule has 1 aromatic carbocycles. The van der Waals surface area contributed by atoms with Gasteiger partial charge in [-0.15, -0.1) is 0 Å². The summed E-state index contributed by atoms with van der Waals surface area (Å²) in [4.78, 5) is 0. The second-order valence-corrected chi connectivity index (χ2v) is 6.44. The lowest BCUT2D eigenvalue weighted by atomic mass is 10.3. The van der Waals surface area contributed by atoms with Crippen molar-refractivity contribution in [2.45, 2.75) is 13.3 Å². The monoisotopic (exact) mass is 279 g/mol. The Morgan fingerprint density at radius 2 is 2.06 bits per heavy atom. The van der Waals surface area contributed by atoms with E-state index < -0.39 is 15.7 Å². The maximum atomic E-state index is 13.3. The largest absolute Gasteiger partial charge is 0.382 e. The Balaban J connectivity index is 2.54. The van der Waals surface area contributed by atoms with Crippen LogP contribution in [-0.4, -0.2) is 26.5 Å². The van der Waals surface area contributed by atoms with Crippen LogP contribution in [0.15, 0.2) is 18.2 Å². The summed E-state index contributed by atoms with van der Waals surface area (Å²) in [7, 11) is -3.04. The number of hydrogen-bond acceptors (Lipinski definition) is 3. The molecule has 1 aromatic rings. The highest BCUT2D eigenvalue weighted by Crippen LogP contribution is 2.19. The van der Waals surface area contributed by atoms with E-state index in [0.29, 0.717) is 11.4 Å². The van der Waals surface area contributed by atoms with Gasteiger partial charge in [-0.2, -0.15) is 0 Å². The summed E-state index contributed by atoms with van der Waals surface area (Å²) >= 11 is 5.71. The molecule has 3 nitrogen and oxygen atoms in total. The molecule has 0 aliphatic rings. The Morgan fingerprint density at radius 3 is 2.71 bits per heavy atom. The van der Waals surface area contributed by atoms with Crippen molar-refractivity contribution in [1.82, 2.24) is 0 Å². The van der Waals surface area contributed by atoms with Crippen molar-refractivity contribution >= 4 is 27.1 Å². The minimum atomic E-state index is -3.04. The number of benzene rings is 1.